The average molecular weight is 347 g/mol. The van der Waals surface area contributed by atoms with Crippen molar-refractivity contribution in [2.45, 2.75) is 12.5 Å². The lowest BCUT2D eigenvalue weighted by molar-refractivity contribution is -0.122. The van der Waals surface area contributed by atoms with Crippen molar-refractivity contribution in [3.8, 4) is 11.5 Å². The largest absolute Gasteiger partial charge is 0.495 e. The monoisotopic (exact) mass is 346 g/mol. The molecule has 0 fully saturated rings. The van der Waals surface area contributed by atoms with Crippen LogP contribution < -0.4 is 20.5 Å². The number of carbonyl (C=O) groups excluding carboxylic acids is 2. The molecule has 3 N–H and O–H groups in total. The molecule has 124 valence electrons. The number of amides is 2. The lowest BCUT2D eigenvalue weighted by atomic mass is 10.1. The molecule has 0 saturated carbocycles. The number of primary amides is 1. The van der Waals surface area contributed by atoms with Crippen LogP contribution in [0.4, 0.5) is 5.69 Å². The second-order valence-electron chi connectivity index (χ2n) is 5.33. The first kappa shape index (κ1) is 16.1. The van der Waals surface area contributed by atoms with Crippen LogP contribution >= 0.6 is 11.6 Å². The zero-order valence-electron chi connectivity index (χ0n) is 12.8. The zero-order valence-corrected chi connectivity index (χ0v) is 13.6. The lowest BCUT2D eigenvalue weighted by Crippen LogP contribution is -2.31. The number of nitrogens with one attached hydrogen (secondary N) is 1. The third kappa shape index (κ3) is 3.14. The molecule has 3 rings (SSSR count). The summed E-state index contributed by atoms with van der Waals surface area (Å²) in [6, 6.07) is 9.79. The Balaban J connectivity index is 1.78. The van der Waals surface area contributed by atoms with Crippen LogP contribution in [0.2, 0.25) is 5.02 Å². The van der Waals surface area contributed by atoms with Crippen LogP contribution in [0.3, 0.4) is 0 Å². The first-order valence-corrected chi connectivity index (χ1v) is 7.59. The molecule has 2 aromatic carbocycles. The van der Waals surface area contributed by atoms with Gasteiger partial charge in [0.2, 0.25) is 5.91 Å². The number of rotatable bonds is 4. The molecule has 0 radical (unpaired) electrons. The van der Waals surface area contributed by atoms with Gasteiger partial charge in [-0.05, 0) is 42.0 Å². The summed E-state index contributed by atoms with van der Waals surface area (Å²) in [6.45, 7) is 0. The number of hydrogen-bond acceptors (Lipinski definition) is 4. The van der Waals surface area contributed by atoms with Gasteiger partial charge in [0, 0.05) is 17.0 Å². The van der Waals surface area contributed by atoms with Crippen LogP contribution in [0.15, 0.2) is 36.4 Å². The fourth-order valence-corrected chi connectivity index (χ4v) is 2.73. The minimum Gasteiger partial charge on any atom is -0.495 e. The van der Waals surface area contributed by atoms with E-state index in [-0.39, 0.29) is 11.5 Å². The van der Waals surface area contributed by atoms with E-state index in [2.05, 4.69) is 5.32 Å². The summed E-state index contributed by atoms with van der Waals surface area (Å²) in [7, 11) is 1.47. The molecule has 0 spiro atoms. The Morgan fingerprint density at radius 2 is 2.08 bits per heavy atom. The van der Waals surface area contributed by atoms with Gasteiger partial charge in [0.05, 0.1) is 12.8 Å². The molecule has 0 bridgehead atoms. The molecule has 0 aromatic heterocycles. The van der Waals surface area contributed by atoms with Crippen LogP contribution in [0, 0.1) is 0 Å². The second-order valence-corrected chi connectivity index (χ2v) is 5.77. The summed E-state index contributed by atoms with van der Waals surface area (Å²) >= 11 is 5.95. The number of carbonyl (C=O) groups is 2. The highest BCUT2D eigenvalue weighted by Crippen LogP contribution is 2.32. The quantitative estimate of drug-likeness (QED) is 0.889. The topological polar surface area (TPSA) is 90.6 Å². The van der Waals surface area contributed by atoms with E-state index in [0.717, 1.165) is 5.56 Å². The molecular formula is C17H15ClN2O4. The summed E-state index contributed by atoms with van der Waals surface area (Å²) in [5.41, 5.74) is 6.77. The maximum atomic E-state index is 12.5. The van der Waals surface area contributed by atoms with Crippen molar-refractivity contribution in [3.63, 3.8) is 0 Å². The smallest absolute Gasteiger partial charge is 0.265 e. The molecule has 1 heterocycles. The van der Waals surface area contributed by atoms with E-state index in [0.29, 0.717) is 28.6 Å². The molecular weight excluding hydrogens is 332 g/mol. The number of halogens is 1. The van der Waals surface area contributed by atoms with Crippen molar-refractivity contribution in [2.75, 3.05) is 12.4 Å². The average Bonchev–Trinajstić information content (AvgIpc) is 2.97. The van der Waals surface area contributed by atoms with E-state index in [1.807, 2.05) is 0 Å². The van der Waals surface area contributed by atoms with E-state index in [1.54, 1.807) is 24.3 Å². The van der Waals surface area contributed by atoms with E-state index < -0.39 is 12.0 Å². The maximum Gasteiger partial charge on any atom is 0.265 e. The Hall–Kier alpha value is -2.73. The third-order valence-electron chi connectivity index (χ3n) is 3.73. The lowest BCUT2D eigenvalue weighted by Gasteiger charge is -2.14. The predicted molar refractivity (Wildman–Crippen MR) is 89.7 cm³/mol. The number of methoxy groups -OCH3 is 1. The second kappa shape index (κ2) is 6.41. The van der Waals surface area contributed by atoms with Crippen molar-refractivity contribution in [1.82, 2.24) is 0 Å². The van der Waals surface area contributed by atoms with Crippen molar-refractivity contribution in [3.05, 3.63) is 52.5 Å². The van der Waals surface area contributed by atoms with Gasteiger partial charge >= 0.3 is 0 Å². The highest BCUT2D eigenvalue weighted by Gasteiger charge is 2.29. The molecule has 6 nitrogen and oxygen atoms in total. The van der Waals surface area contributed by atoms with Gasteiger partial charge in [-0.1, -0.05) is 11.6 Å². The minimum atomic E-state index is -0.680. The van der Waals surface area contributed by atoms with E-state index in [9.17, 15) is 9.59 Å². The van der Waals surface area contributed by atoms with Crippen molar-refractivity contribution < 1.29 is 19.1 Å². The maximum absolute atomic E-state index is 12.5. The van der Waals surface area contributed by atoms with Gasteiger partial charge in [-0.25, -0.2) is 0 Å². The molecule has 0 unspecified atom stereocenters. The Bertz CT molecular complexity index is 822. The van der Waals surface area contributed by atoms with E-state index in [4.69, 9.17) is 26.8 Å². The van der Waals surface area contributed by atoms with E-state index >= 15 is 0 Å². The van der Waals surface area contributed by atoms with Gasteiger partial charge < -0.3 is 20.5 Å². The van der Waals surface area contributed by atoms with E-state index in [1.165, 1.54) is 19.2 Å². The first-order valence-electron chi connectivity index (χ1n) is 7.21. The Kier molecular flexibility index (Phi) is 4.31. The van der Waals surface area contributed by atoms with Gasteiger partial charge in [0.1, 0.15) is 11.5 Å². The van der Waals surface area contributed by atoms with Crippen LogP contribution in [0.1, 0.15) is 15.9 Å². The van der Waals surface area contributed by atoms with Crippen LogP contribution in [-0.2, 0) is 11.2 Å². The van der Waals surface area contributed by atoms with Crippen molar-refractivity contribution in [1.29, 1.82) is 0 Å². The Morgan fingerprint density at radius 3 is 2.79 bits per heavy atom. The third-order valence-corrected chi connectivity index (χ3v) is 3.97. The van der Waals surface area contributed by atoms with Crippen molar-refractivity contribution in [2.24, 2.45) is 5.73 Å². The Labute approximate surface area is 143 Å². The van der Waals surface area contributed by atoms with Gasteiger partial charge in [-0.2, -0.15) is 0 Å². The molecule has 2 amide bonds. The fourth-order valence-electron chi connectivity index (χ4n) is 2.54. The molecule has 0 aliphatic carbocycles. The number of nitrogens with two attached hydrogens (primary N) is 1. The summed E-state index contributed by atoms with van der Waals surface area (Å²) in [4.78, 5) is 23.8. The molecule has 24 heavy (non-hydrogen) atoms. The SMILES string of the molecule is COc1ccc(C(N)=O)cc1NC(=O)[C@H]1Cc2cc(Cl)ccc2O1. The van der Waals surface area contributed by atoms with Gasteiger partial charge in [0.15, 0.2) is 6.10 Å². The standard InChI is InChI=1S/C17H15ClN2O4/c1-23-14-4-2-9(16(19)21)7-12(14)20-17(22)15-8-10-6-11(18)3-5-13(10)24-15/h2-7,15H,8H2,1H3,(H2,19,21)(H,20,22)/t15-/m1/s1. The van der Waals surface area contributed by atoms with Crippen LogP contribution in [0.5, 0.6) is 11.5 Å². The summed E-state index contributed by atoms with van der Waals surface area (Å²) in [5.74, 6) is 0.124. The van der Waals surface area contributed by atoms with Gasteiger partial charge in [-0.15, -0.1) is 0 Å². The first-order chi connectivity index (χ1) is 11.5. The number of benzene rings is 2. The van der Waals surface area contributed by atoms with Crippen LogP contribution in [-0.4, -0.2) is 25.0 Å². The number of anilines is 1. The molecule has 7 heteroatoms. The number of fused-ring (bicyclic) bond motifs is 1. The van der Waals surface area contributed by atoms with Crippen LogP contribution in [0.25, 0.3) is 0 Å². The van der Waals surface area contributed by atoms with Crippen molar-refractivity contribution >= 4 is 29.1 Å². The molecule has 1 aliphatic heterocycles. The molecule has 2 aromatic rings. The molecule has 1 aliphatic rings. The molecule has 1 atom stereocenters. The highest BCUT2D eigenvalue weighted by atomic mass is 35.5. The normalized spacial score (nSPS) is 15.3. The minimum absolute atomic E-state index is 0.272. The fraction of sp³-hybridized carbons (Fsp3) is 0.176. The van der Waals surface area contributed by atoms with Gasteiger partial charge in [0.25, 0.3) is 5.91 Å². The predicted octanol–water partition coefficient (Wildman–Crippen LogP) is 2.39. The highest BCUT2D eigenvalue weighted by molar-refractivity contribution is 6.30. The number of ether oxygens (including phenoxy) is 2. The molecule has 0 saturated heterocycles. The number of hydrogen-bond donors (Lipinski definition) is 2. The summed E-state index contributed by atoms with van der Waals surface area (Å²) in [6.07, 6.45) is -0.264. The summed E-state index contributed by atoms with van der Waals surface area (Å²) in [5, 5.41) is 3.31. The summed E-state index contributed by atoms with van der Waals surface area (Å²) < 4.78 is 10.8. The zero-order chi connectivity index (χ0) is 17.3. The van der Waals surface area contributed by atoms with Gasteiger partial charge in [-0.3, -0.25) is 9.59 Å². The Morgan fingerprint density at radius 1 is 1.29 bits per heavy atom.